The van der Waals surface area contributed by atoms with Crippen molar-refractivity contribution in [2.75, 3.05) is 18.0 Å². The van der Waals surface area contributed by atoms with Gasteiger partial charge in [-0.2, -0.15) is 5.10 Å². The first-order valence-corrected chi connectivity index (χ1v) is 7.54. The highest BCUT2D eigenvalue weighted by Gasteiger charge is 2.15. The molecule has 0 spiro atoms. The fraction of sp³-hybridized carbons (Fsp3) is 0.250. The smallest absolute Gasteiger partial charge is 0.271 e. The maximum absolute atomic E-state index is 11.9. The maximum Gasteiger partial charge on any atom is 0.271 e. The number of amides is 1. The SMILES string of the molecule is O=C(N/N=C\c1ccc(N2CCCC2)o1)c1ccc(Cl)cc1. The van der Waals surface area contributed by atoms with E-state index in [1.807, 2.05) is 12.1 Å². The van der Waals surface area contributed by atoms with Crippen LogP contribution >= 0.6 is 11.6 Å². The van der Waals surface area contributed by atoms with E-state index in [0.717, 1.165) is 19.0 Å². The lowest BCUT2D eigenvalue weighted by molar-refractivity contribution is 0.0955. The van der Waals surface area contributed by atoms with E-state index >= 15 is 0 Å². The molecule has 0 saturated carbocycles. The Kier molecular flexibility index (Phi) is 4.44. The Bertz CT molecular complexity index is 673. The minimum atomic E-state index is -0.292. The number of rotatable bonds is 4. The third-order valence-corrected chi connectivity index (χ3v) is 3.75. The molecule has 3 rings (SSSR count). The van der Waals surface area contributed by atoms with Gasteiger partial charge < -0.3 is 9.32 Å². The summed E-state index contributed by atoms with van der Waals surface area (Å²) in [6.45, 7) is 2.05. The zero-order valence-corrected chi connectivity index (χ0v) is 12.7. The van der Waals surface area contributed by atoms with Crippen molar-refractivity contribution in [3.63, 3.8) is 0 Å². The van der Waals surface area contributed by atoms with E-state index in [2.05, 4.69) is 15.4 Å². The number of nitrogens with one attached hydrogen (secondary N) is 1. The quantitative estimate of drug-likeness (QED) is 0.695. The Morgan fingerprint density at radius 1 is 1.18 bits per heavy atom. The predicted octanol–water partition coefficient (Wildman–Crippen LogP) is 3.30. The first kappa shape index (κ1) is 14.7. The van der Waals surface area contributed by atoms with Crippen molar-refractivity contribution >= 4 is 29.6 Å². The average Bonchev–Trinajstić information content (AvgIpc) is 3.19. The number of furan rings is 1. The molecular weight excluding hydrogens is 302 g/mol. The molecule has 2 aromatic rings. The second-order valence-electron chi connectivity index (χ2n) is 5.08. The third-order valence-electron chi connectivity index (χ3n) is 3.49. The normalized spacial score (nSPS) is 14.7. The summed E-state index contributed by atoms with van der Waals surface area (Å²) in [6.07, 6.45) is 3.88. The largest absolute Gasteiger partial charge is 0.440 e. The molecule has 1 aliphatic heterocycles. The molecule has 1 amide bonds. The van der Waals surface area contributed by atoms with Crippen LogP contribution in [0.15, 0.2) is 45.9 Å². The van der Waals surface area contributed by atoms with Crippen molar-refractivity contribution in [1.29, 1.82) is 0 Å². The summed E-state index contributed by atoms with van der Waals surface area (Å²) < 4.78 is 5.68. The number of hydrogen-bond acceptors (Lipinski definition) is 4. The lowest BCUT2D eigenvalue weighted by Gasteiger charge is -2.12. The van der Waals surface area contributed by atoms with Gasteiger partial charge in [-0.05, 0) is 43.2 Å². The van der Waals surface area contributed by atoms with Crippen molar-refractivity contribution in [2.24, 2.45) is 5.10 Å². The van der Waals surface area contributed by atoms with E-state index in [1.165, 1.54) is 19.1 Å². The van der Waals surface area contributed by atoms with Crippen LogP contribution in [0.5, 0.6) is 0 Å². The summed E-state index contributed by atoms with van der Waals surface area (Å²) in [5.74, 6) is 1.17. The summed E-state index contributed by atoms with van der Waals surface area (Å²) in [4.78, 5) is 14.1. The van der Waals surface area contributed by atoms with E-state index in [-0.39, 0.29) is 5.91 Å². The van der Waals surface area contributed by atoms with Gasteiger partial charge in [0.1, 0.15) is 5.76 Å². The number of hydrazone groups is 1. The van der Waals surface area contributed by atoms with Crippen LogP contribution in [0.1, 0.15) is 29.0 Å². The lowest BCUT2D eigenvalue weighted by atomic mass is 10.2. The van der Waals surface area contributed by atoms with Gasteiger partial charge in [0.25, 0.3) is 5.91 Å². The third kappa shape index (κ3) is 3.49. The van der Waals surface area contributed by atoms with Gasteiger partial charge in [-0.1, -0.05) is 11.6 Å². The monoisotopic (exact) mass is 317 g/mol. The molecule has 1 fully saturated rings. The molecule has 0 bridgehead atoms. The molecular formula is C16H16ClN3O2. The van der Waals surface area contributed by atoms with Crippen LogP contribution in [-0.2, 0) is 0 Å². The van der Waals surface area contributed by atoms with Crippen LogP contribution in [0.2, 0.25) is 5.02 Å². The Morgan fingerprint density at radius 2 is 1.91 bits per heavy atom. The number of hydrogen-bond donors (Lipinski definition) is 1. The fourth-order valence-electron chi connectivity index (χ4n) is 2.34. The topological polar surface area (TPSA) is 57.8 Å². The van der Waals surface area contributed by atoms with Crippen LogP contribution in [0.4, 0.5) is 5.88 Å². The van der Waals surface area contributed by atoms with Crippen molar-refractivity contribution < 1.29 is 9.21 Å². The number of anilines is 1. The van der Waals surface area contributed by atoms with E-state index in [4.69, 9.17) is 16.0 Å². The van der Waals surface area contributed by atoms with Crippen LogP contribution in [-0.4, -0.2) is 25.2 Å². The van der Waals surface area contributed by atoms with E-state index in [9.17, 15) is 4.79 Å². The highest BCUT2D eigenvalue weighted by atomic mass is 35.5. The molecule has 2 heterocycles. The van der Waals surface area contributed by atoms with Gasteiger partial charge in [-0.15, -0.1) is 0 Å². The number of halogens is 1. The van der Waals surface area contributed by atoms with Crippen molar-refractivity contribution in [2.45, 2.75) is 12.8 Å². The van der Waals surface area contributed by atoms with Crippen molar-refractivity contribution in [1.82, 2.24) is 5.43 Å². The standard InChI is InChI=1S/C16H16ClN3O2/c17-13-5-3-12(4-6-13)16(21)19-18-11-14-7-8-15(22-14)20-9-1-2-10-20/h3-8,11H,1-2,9-10H2,(H,19,21)/b18-11-. The average molecular weight is 318 g/mol. The highest BCUT2D eigenvalue weighted by molar-refractivity contribution is 6.30. The summed E-state index contributed by atoms with van der Waals surface area (Å²) in [5.41, 5.74) is 2.96. The van der Waals surface area contributed by atoms with Crippen molar-refractivity contribution in [3.05, 3.63) is 52.7 Å². The highest BCUT2D eigenvalue weighted by Crippen LogP contribution is 2.21. The fourth-order valence-corrected chi connectivity index (χ4v) is 2.47. The minimum Gasteiger partial charge on any atom is -0.440 e. The van der Waals surface area contributed by atoms with Gasteiger partial charge >= 0.3 is 0 Å². The first-order valence-electron chi connectivity index (χ1n) is 7.16. The molecule has 6 heteroatoms. The van der Waals surface area contributed by atoms with Crippen molar-refractivity contribution in [3.8, 4) is 0 Å². The summed E-state index contributed by atoms with van der Waals surface area (Å²) in [7, 11) is 0. The zero-order chi connectivity index (χ0) is 15.4. The molecule has 0 atom stereocenters. The Labute approximate surface area is 133 Å². The van der Waals surface area contributed by atoms with Gasteiger partial charge in [-0.3, -0.25) is 4.79 Å². The molecule has 114 valence electrons. The molecule has 5 nitrogen and oxygen atoms in total. The van der Waals surface area contributed by atoms with Crippen LogP contribution < -0.4 is 10.3 Å². The maximum atomic E-state index is 11.9. The molecule has 1 aromatic heterocycles. The Balaban J connectivity index is 1.57. The van der Waals surface area contributed by atoms with Crippen LogP contribution in [0.3, 0.4) is 0 Å². The summed E-state index contributed by atoms with van der Waals surface area (Å²) in [6, 6.07) is 10.4. The van der Waals surface area contributed by atoms with E-state index in [0.29, 0.717) is 16.3 Å². The molecule has 1 aliphatic rings. The van der Waals surface area contributed by atoms with Crippen LogP contribution in [0, 0.1) is 0 Å². The summed E-state index contributed by atoms with van der Waals surface area (Å²) in [5, 5.41) is 4.50. The number of nitrogens with zero attached hydrogens (tertiary/aromatic N) is 2. The number of carbonyl (C=O) groups is 1. The van der Waals surface area contributed by atoms with Gasteiger partial charge in [0, 0.05) is 29.7 Å². The van der Waals surface area contributed by atoms with E-state index < -0.39 is 0 Å². The van der Waals surface area contributed by atoms with Crippen LogP contribution in [0.25, 0.3) is 0 Å². The number of benzene rings is 1. The molecule has 1 saturated heterocycles. The molecule has 0 aliphatic carbocycles. The second-order valence-corrected chi connectivity index (χ2v) is 5.51. The van der Waals surface area contributed by atoms with Gasteiger partial charge in [0.2, 0.25) is 0 Å². The zero-order valence-electron chi connectivity index (χ0n) is 12.0. The van der Waals surface area contributed by atoms with Gasteiger partial charge in [0.05, 0.1) is 6.21 Å². The van der Waals surface area contributed by atoms with E-state index in [1.54, 1.807) is 24.3 Å². The molecule has 22 heavy (non-hydrogen) atoms. The molecule has 0 radical (unpaired) electrons. The van der Waals surface area contributed by atoms with Gasteiger partial charge in [0.15, 0.2) is 5.88 Å². The lowest BCUT2D eigenvalue weighted by Crippen LogP contribution is -2.17. The molecule has 1 aromatic carbocycles. The summed E-state index contributed by atoms with van der Waals surface area (Å²) >= 11 is 5.78. The predicted molar refractivity (Wildman–Crippen MR) is 86.7 cm³/mol. The number of carbonyl (C=O) groups excluding carboxylic acids is 1. The molecule has 0 unspecified atom stereocenters. The minimum absolute atomic E-state index is 0.292. The first-order chi connectivity index (χ1) is 10.7. The molecule has 1 N–H and O–H groups in total. The van der Waals surface area contributed by atoms with Gasteiger partial charge in [-0.25, -0.2) is 5.43 Å². The second kappa shape index (κ2) is 6.66. The Morgan fingerprint density at radius 3 is 2.64 bits per heavy atom. The Hall–Kier alpha value is -2.27.